The number of nitrogens with zero attached hydrogens (tertiary/aromatic N) is 1. The minimum atomic E-state index is 0.149. The number of pyridine rings is 1. The zero-order chi connectivity index (χ0) is 9.97. The van der Waals surface area contributed by atoms with E-state index in [9.17, 15) is 4.79 Å². The highest BCUT2D eigenvalue weighted by atomic mass is 16.1. The van der Waals surface area contributed by atoms with Crippen LogP contribution in [-0.2, 0) is 0 Å². The van der Waals surface area contributed by atoms with Crippen molar-refractivity contribution in [3.63, 3.8) is 0 Å². The smallest absolute Gasteiger partial charge is 0.164 e. The summed E-state index contributed by atoms with van der Waals surface area (Å²) in [6, 6.07) is 4.32. The molecule has 0 atom stereocenters. The number of ketones is 1. The minimum absolute atomic E-state index is 0.149. The predicted molar refractivity (Wildman–Crippen MR) is 55.5 cm³/mol. The van der Waals surface area contributed by atoms with Crippen LogP contribution in [0, 0.1) is 0 Å². The molecule has 1 aliphatic carbocycles. The molecule has 0 aromatic carbocycles. The first-order valence-electron chi connectivity index (χ1n) is 5.05. The minimum Gasteiger partial charge on any atom is -0.367 e. The number of rotatable bonds is 4. The van der Waals surface area contributed by atoms with E-state index in [-0.39, 0.29) is 5.78 Å². The van der Waals surface area contributed by atoms with E-state index in [4.69, 9.17) is 0 Å². The van der Waals surface area contributed by atoms with Crippen LogP contribution in [0.25, 0.3) is 0 Å². The van der Waals surface area contributed by atoms with E-state index in [1.807, 2.05) is 19.1 Å². The molecule has 0 saturated heterocycles. The Hall–Kier alpha value is -1.38. The number of aromatic nitrogens is 1. The van der Waals surface area contributed by atoms with Crippen molar-refractivity contribution in [2.75, 3.05) is 5.32 Å². The Morgan fingerprint density at radius 3 is 2.86 bits per heavy atom. The summed E-state index contributed by atoms with van der Waals surface area (Å²) < 4.78 is 0. The van der Waals surface area contributed by atoms with Crippen LogP contribution in [0.15, 0.2) is 18.3 Å². The Balaban J connectivity index is 2.04. The molecule has 1 heterocycles. The van der Waals surface area contributed by atoms with Gasteiger partial charge in [-0.05, 0) is 25.0 Å². The maximum Gasteiger partial charge on any atom is 0.164 e. The molecule has 74 valence electrons. The van der Waals surface area contributed by atoms with Crippen LogP contribution in [0.4, 0.5) is 5.82 Å². The maximum absolute atomic E-state index is 11.3. The molecule has 1 aromatic rings. The Labute approximate surface area is 83.5 Å². The molecule has 2 rings (SSSR count). The molecule has 0 radical (unpaired) electrons. The van der Waals surface area contributed by atoms with E-state index in [1.54, 1.807) is 6.20 Å². The Kier molecular flexibility index (Phi) is 2.48. The normalized spacial score (nSPS) is 15.2. The standard InChI is InChI=1S/C11H14N2O/c1-2-10(14)8-3-6-11(12-7-8)13-9-4-5-9/h3,6-7,9H,2,4-5H2,1H3,(H,12,13). The fourth-order valence-electron chi connectivity index (χ4n) is 1.29. The van der Waals surface area contributed by atoms with Crippen molar-refractivity contribution in [2.24, 2.45) is 0 Å². The van der Waals surface area contributed by atoms with Gasteiger partial charge in [-0.1, -0.05) is 6.92 Å². The number of hydrogen-bond acceptors (Lipinski definition) is 3. The lowest BCUT2D eigenvalue weighted by Gasteiger charge is -2.03. The molecule has 1 saturated carbocycles. The maximum atomic E-state index is 11.3. The molecule has 1 aliphatic rings. The van der Waals surface area contributed by atoms with E-state index in [0.717, 1.165) is 5.82 Å². The van der Waals surface area contributed by atoms with Gasteiger partial charge in [0.05, 0.1) is 0 Å². The van der Waals surface area contributed by atoms with Crippen molar-refractivity contribution in [3.05, 3.63) is 23.9 Å². The second-order valence-electron chi connectivity index (χ2n) is 3.63. The Bertz CT molecular complexity index is 328. The molecule has 14 heavy (non-hydrogen) atoms. The third-order valence-electron chi connectivity index (χ3n) is 2.34. The van der Waals surface area contributed by atoms with E-state index in [2.05, 4.69) is 10.3 Å². The summed E-state index contributed by atoms with van der Waals surface area (Å²) in [6.07, 6.45) is 4.66. The van der Waals surface area contributed by atoms with Gasteiger partial charge in [-0.15, -0.1) is 0 Å². The summed E-state index contributed by atoms with van der Waals surface area (Å²) in [6.45, 7) is 1.86. The van der Waals surface area contributed by atoms with Gasteiger partial charge in [0.1, 0.15) is 5.82 Å². The van der Waals surface area contributed by atoms with Crippen LogP contribution in [0.5, 0.6) is 0 Å². The van der Waals surface area contributed by atoms with Gasteiger partial charge in [-0.25, -0.2) is 4.98 Å². The Morgan fingerprint density at radius 2 is 2.36 bits per heavy atom. The van der Waals surface area contributed by atoms with Gasteiger partial charge in [-0.3, -0.25) is 4.79 Å². The lowest BCUT2D eigenvalue weighted by atomic mass is 10.1. The quantitative estimate of drug-likeness (QED) is 0.740. The third kappa shape index (κ3) is 2.10. The summed E-state index contributed by atoms with van der Waals surface area (Å²) in [5, 5.41) is 3.28. The molecule has 0 unspecified atom stereocenters. The van der Waals surface area contributed by atoms with Gasteiger partial charge < -0.3 is 5.32 Å². The fraction of sp³-hybridized carbons (Fsp3) is 0.455. The third-order valence-corrected chi connectivity index (χ3v) is 2.34. The lowest BCUT2D eigenvalue weighted by Crippen LogP contribution is -2.04. The zero-order valence-corrected chi connectivity index (χ0v) is 8.29. The van der Waals surface area contributed by atoms with Gasteiger partial charge in [-0.2, -0.15) is 0 Å². The second kappa shape index (κ2) is 3.78. The number of carbonyl (C=O) groups excluding carboxylic acids is 1. The molecule has 1 N–H and O–H groups in total. The van der Waals surface area contributed by atoms with Crippen LogP contribution in [0.2, 0.25) is 0 Å². The fourth-order valence-corrected chi connectivity index (χ4v) is 1.29. The molecule has 0 amide bonds. The Morgan fingerprint density at radius 1 is 1.57 bits per heavy atom. The number of anilines is 1. The van der Waals surface area contributed by atoms with Gasteiger partial charge in [0.2, 0.25) is 0 Å². The summed E-state index contributed by atoms with van der Waals surface area (Å²) in [7, 11) is 0. The van der Waals surface area contributed by atoms with Crippen LogP contribution in [-0.4, -0.2) is 16.8 Å². The van der Waals surface area contributed by atoms with Crippen LogP contribution in [0.3, 0.4) is 0 Å². The van der Waals surface area contributed by atoms with E-state index in [0.29, 0.717) is 18.0 Å². The van der Waals surface area contributed by atoms with Crippen molar-refractivity contribution >= 4 is 11.6 Å². The van der Waals surface area contributed by atoms with Crippen molar-refractivity contribution in [2.45, 2.75) is 32.2 Å². The second-order valence-corrected chi connectivity index (χ2v) is 3.63. The van der Waals surface area contributed by atoms with Crippen molar-refractivity contribution in [1.82, 2.24) is 4.98 Å². The van der Waals surface area contributed by atoms with Crippen LogP contribution < -0.4 is 5.32 Å². The first-order valence-corrected chi connectivity index (χ1v) is 5.05. The monoisotopic (exact) mass is 190 g/mol. The summed E-state index contributed by atoms with van der Waals surface area (Å²) in [4.78, 5) is 15.5. The molecule has 1 aromatic heterocycles. The van der Waals surface area contributed by atoms with Crippen molar-refractivity contribution in [1.29, 1.82) is 0 Å². The average Bonchev–Trinajstić information content (AvgIpc) is 3.02. The van der Waals surface area contributed by atoms with Gasteiger partial charge in [0.15, 0.2) is 5.78 Å². The van der Waals surface area contributed by atoms with Crippen LogP contribution >= 0.6 is 0 Å². The van der Waals surface area contributed by atoms with Gasteiger partial charge in [0.25, 0.3) is 0 Å². The van der Waals surface area contributed by atoms with E-state index >= 15 is 0 Å². The largest absolute Gasteiger partial charge is 0.367 e. The highest BCUT2D eigenvalue weighted by Gasteiger charge is 2.21. The number of hydrogen-bond donors (Lipinski definition) is 1. The SMILES string of the molecule is CCC(=O)c1ccc(NC2CC2)nc1. The van der Waals surface area contributed by atoms with Gasteiger partial charge >= 0.3 is 0 Å². The number of carbonyl (C=O) groups is 1. The molecule has 3 nitrogen and oxygen atoms in total. The highest BCUT2D eigenvalue weighted by Crippen LogP contribution is 2.23. The summed E-state index contributed by atoms with van der Waals surface area (Å²) in [5.74, 6) is 1.02. The molecule has 3 heteroatoms. The van der Waals surface area contributed by atoms with E-state index < -0.39 is 0 Å². The highest BCUT2D eigenvalue weighted by molar-refractivity contribution is 5.95. The predicted octanol–water partition coefficient (Wildman–Crippen LogP) is 2.25. The lowest BCUT2D eigenvalue weighted by molar-refractivity contribution is 0.0988. The average molecular weight is 190 g/mol. The van der Waals surface area contributed by atoms with E-state index in [1.165, 1.54) is 12.8 Å². The topological polar surface area (TPSA) is 42.0 Å². The van der Waals surface area contributed by atoms with Crippen molar-refractivity contribution < 1.29 is 4.79 Å². The zero-order valence-electron chi connectivity index (χ0n) is 8.29. The molecular weight excluding hydrogens is 176 g/mol. The molecule has 0 spiro atoms. The van der Waals surface area contributed by atoms with Crippen molar-refractivity contribution in [3.8, 4) is 0 Å². The first-order chi connectivity index (χ1) is 6.79. The molecule has 1 fully saturated rings. The number of nitrogens with one attached hydrogen (secondary N) is 1. The summed E-state index contributed by atoms with van der Waals surface area (Å²) in [5.41, 5.74) is 0.703. The van der Waals surface area contributed by atoms with Gasteiger partial charge in [0, 0.05) is 24.2 Å². The first kappa shape index (κ1) is 9.19. The summed E-state index contributed by atoms with van der Waals surface area (Å²) >= 11 is 0. The molecule has 0 aliphatic heterocycles. The molecule has 0 bridgehead atoms. The molecular formula is C11H14N2O. The number of Topliss-reactive ketones (excluding diaryl/α,β-unsaturated/α-hetero) is 1. The van der Waals surface area contributed by atoms with Crippen LogP contribution in [0.1, 0.15) is 36.5 Å².